The number of halogens is 1. The molecule has 4 aromatic rings. The minimum absolute atomic E-state index is 0.0323. The topological polar surface area (TPSA) is 117 Å². The normalized spacial score (nSPS) is 17.1. The molecule has 3 aliphatic rings. The van der Waals surface area contributed by atoms with Crippen LogP contribution in [0.25, 0.3) is 0 Å². The molecule has 204 valence electrons. The highest BCUT2D eigenvalue weighted by Crippen LogP contribution is 2.39. The van der Waals surface area contributed by atoms with Gasteiger partial charge in [-0.1, -0.05) is 24.3 Å². The van der Waals surface area contributed by atoms with Crippen molar-refractivity contribution in [1.82, 2.24) is 20.2 Å². The Morgan fingerprint density at radius 1 is 1.02 bits per heavy atom. The van der Waals surface area contributed by atoms with Gasteiger partial charge in [0.05, 0.1) is 19.1 Å². The minimum atomic E-state index is -0.531. The molecule has 0 radical (unpaired) electrons. The summed E-state index contributed by atoms with van der Waals surface area (Å²) < 4.78 is 26.6. The number of carbonyl (C=O) groups excluding carboxylic acids is 2. The number of nitrogens with one attached hydrogen (secondary N) is 3. The second-order valence-corrected chi connectivity index (χ2v) is 9.84. The summed E-state index contributed by atoms with van der Waals surface area (Å²) in [4.78, 5) is 44.5. The third-order valence-corrected chi connectivity index (χ3v) is 7.10. The maximum absolute atomic E-state index is 14.7. The Hall–Kier alpha value is -4.86. The molecule has 4 heterocycles. The van der Waals surface area contributed by atoms with Crippen LogP contribution in [0, 0.1) is 5.82 Å². The van der Waals surface area contributed by atoms with Crippen molar-refractivity contribution in [3.05, 3.63) is 111 Å². The lowest BCUT2D eigenvalue weighted by Gasteiger charge is -2.37. The summed E-state index contributed by atoms with van der Waals surface area (Å²) in [6, 6.07) is 17.0. The number of aromatic amines is 2. The largest absolute Gasteiger partial charge is 0.494 e. The first-order valence-electron chi connectivity index (χ1n) is 13.1. The van der Waals surface area contributed by atoms with E-state index in [2.05, 4.69) is 15.3 Å². The Morgan fingerprint density at radius 2 is 1.93 bits per heavy atom. The molecule has 1 unspecified atom stereocenters. The molecule has 8 bridgehead atoms. The van der Waals surface area contributed by atoms with Crippen LogP contribution in [0.3, 0.4) is 0 Å². The Bertz CT molecular complexity index is 1650. The molecule has 0 saturated carbocycles. The lowest BCUT2D eigenvalue weighted by molar-refractivity contribution is -0.120. The first-order valence-corrected chi connectivity index (χ1v) is 13.1. The molecule has 2 amide bonds. The molecule has 9 nitrogen and oxygen atoms in total. The number of nitrogens with zero attached hydrogens (tertiary/aromatic N) is 1. The van der Waals surface area contributed by atoms with Gasteiger partial charge in [-0.3, -0.25) is 9.59 Å². The van der Waals surface area contributed by atoms with Gasteiger partial charge in [-0.15, -0.1) is 0 Å². The standard InChI is InChI=1S/C30H27FN4O5/c31-24-8-5-18-13-26(24)40-22-6-7-23-19(15-22)9-11-35(29(37)25-17-33-30(38)34-25)28(23)20-3-1-4-21(16-20)39-12-2-10-32-27(36)14-18/h1,3-8,13,15-17,28H,2,9-12,14H2,(H,32,36)(H2,33,34,38). The highest BCUT2D eigenvalue weighted by Gasteiger charge is 2.34. The number of imidazole rings is 1. The van der Waals surface area contributed by atoms with Gasteiger partial charge in [0.25, 0.3) is 5.91 Å². The summed E-state index contributed by atoms with van der Waals surface area (Å²) in [5, 5.41) is 2.86. The van der Waals surface area contributed by atoms with Gasteiger partial charge in [0, 0.05) is 19.3 Å². The molecule has 3 N–H and O–H groups in total. The summed E-state index contributed by atoms with van der Waals surface area (Å²) in [5.41, 5.74) is 3.04. The number of amides is 2. The van der Waals surface area contributed by atoms with Crippen LogP contribution in [0.5, 0.6) is 17.2 Å². The van der Waals surface area contributed by atoms with E-state index in [-0.39, 0.29) is 29.7 Å². The Kier molecular flexibility index (Phi) is 6.81. The average molecular weight is 543 g/mol. The summed E-state index contributed by atoms with van der Waals surface area (Å²) in [7, 11) is 0. The van der Waals surface area contributed by atoms with Crippen molar-refractivity contribution >= 4 is 11.8 Å². The van der Waals surface area contributed by atoms with Crippen LogP contribution in [-0.2, 0) is 17.6 Å². The maximum Gasteiger partial charge on any atom is 0.323 e. The monoisotopic (exact) mass is 542 g/mol. The van der Waals surface area contributed by atoms with Crippen molar-refractivity contribution in [1.29, 1.82) is 0 Å². The number of carbonyl (C=O) groups is 2. The van der Waals surface area contributed by atoms with Crippen molar-refractivity contribution in [2.24, 2.45) is 0 Å². The molecule has 1 aromatic heterocycles. The molecule has 0 aliphatic carbocycles. The van der Waals surface area contributed by atoms with Crippen LogP contribution in [-0.4, -0.2) is 46.4 Å². The smallest absolute Gasteiger partial charge is 0.323 e. The van der Waals surface area contributed by atoms with Crippen molar-refractivity contribution in [2.75, 3.05) is 19.7 Å². The van der Waals surface area contributed by atoms with Gasteiger partial charge in [0.2, 0.25) is 5.91 Å². The average Bonchev–Trinajstić information content (AvgIpc) is 3.39. The third kappa shape index (κ3) is 5.20. The van der Waals surface area contributed by atoms with Crippen LogP contribution in [0.4, 0.5) is 4.39 Å². The number of aromatic nitrogens is 2. The van der Waals surface area contributed by atoms with E-state index < -0.39 is 17.5 Å². The van der Waals surface area contributed by atoms with E-state index >= 15 is 0 Å². The van der Waals surface area contributed by atoms with Gasteiger partial charge < -0.3 is 29.7 Å². The number of hydrogen-bond acceptors (Lipinski definition) is 5. The molecule has 40 heavy (non-hydrogen) atoms. The molecule has 1 atom stereocenters. The summed E-state index contributed by atoms with van der Waals surface area (Å²) in [5.74, 6) is 0.104. The van der Waals surface area contributed by atoms with E-state index in [1.54, 1.807) is 17.0 Å². The summed E-state index contributed by atoms with van der Waals surface area (Å²) in [6.45, 7) is 1.20. The van der Waals surface area contributed by atoms with E-state index in [0.29, 0.717) is 49.6 Å². The first kappa shape index (κ1) is 25.4. The van der Waals surface area contributed by atoms with E-state index in [4.69, 9.17) is 9.47 Å². The van der Waals surface area contributed by atoms with Crippen LogP contribution >= 0.6 is 0 Å². The van der Waals surface area contributed by atoms with Crippen molar-refractivity contribution < 1.29 is 23.5 Å². The van der Waals surface area contributed by atoms with Gasteiger partial charge >= 0.3 is 5.69 Å². The maximum atomic E-state index is 14.7. The Morgan fingerprint density at radius 3 is 2.77 bits per heavy atom. The fourth-order valence-corrected chi connectivity index (χ4v) is 5.22. The second-order valence-electron chi connectivity index (χ2n) is 9.84. The molecule has 0 spiro atoms. The summed E-state index contributed by atoms with van der Waals surface area (Å²) in [6.07, 6.45) is 2.60. The molecule has 10 heteroatoms. The van der Waals surface area contributed by atoms with Crippen molar-refractivity contribution in [3.63, 3.8) is 0 Å². The van der Waals surface area contributed by atoms with E-state index in [1.807, 2.05) is 36.4 Å². The predicted molar refractivity (Wildman–Crippen MR) is 144 cm³/mol. The van der Waals surface area contributed by atoms with Crippen LogP contribution in [0.1, 0.15) is 45.2 Å². The number of ether oxygens (including phenoxy) is 2. The SMILES string of the molecule is O=C1Cc2ccc(F)c(c2)Oc2ccc3c(c2)CCN(C(=O)c2c[nH]c(=O)[nH]2)C3c2cccc(c2)OCCCN1. The van der Waals surface area contributed by atoms with Crippen LogP contribution in [0.15, 0.2) is 71.7 Å². The number of fused-ring (bicyclic) bond motifs is 7. The first-order chi connectivity index (χ1) is 19.4. The highest BCUT2D eigenvalue weighted by atomic mass is 19.1. The zero-order chi connectivity index (χ0) is 27.6. The minimum Gasteiger partial charge on any atom is -0.494 e. The molecule has 0 saturated heterocycles. The van der Waals surface area contributed by atoms with Crippen LogP contribution in [0.2, 0.25) is 0 Å². The second kappa shape index (κ2) is 10.7. The van der Waals surface area contributed by atoms with E-state index in [1.165, 1.54) is 18.3 Å². The molecule has 3 aliphatic heterocycles. The number of benzene rings is 3. The molecule has 3 aromatic carbocycles. The van der Waals surface area contributed by atoms with Gasteiger partial charge in [-0.25, -0.2) is 9.18 Å². The molecular weight excluding hydrogens is 515 g/mol. The number of rotatable bonds is 1. The Labute approximate surface area is 228 Å². The molecule has 0 fully saturated rings. The quantitative estimate of drug-likeness (QED) is 0.338. The lowest BCUT2D eigenvalue weighted by Crippen LogP contribution is -2.41. The van der Waals surface area contributed by atoms with E-state index in [0.717, 1.165) is 16.7 Å². The summed E-state index contributed by atoms with van der Waals surface area (Å²) >= 11 is 0. The van der Waals surface area contributed by atoms with Gasteiger partial charge in [0.1, 0.15) is 17.2 Å². The predicted octanol–water partition coefficient (Wildman–Crippen LogP) is 3.86. The van der Waals surface area contributed by atoms with E-state index in [9.17, 15) is 18.8 Å². The zero-order valence-corrected chi connectivity index (χ0v) is 21.5. The highest BCUT2D eigenvalue weighted by molar-refractivity contribution is 5.93. The fourth-order valence-electron chi connectivity index (χ4n) is 5.22. The fraction of sp³-hybridized carbons (Fsp3) is 0.233. The molecule has 7 rings (SSSR count). The van der Waals surface area contributed by atoms with Crippen molar-refractivity contribution in [2.45, 2.75) is 25.3 Å². The lowest BCUT2D eigenvalue weighted by atomic mass is 9.87. The Balaban J connectivity index is 1.42. The van der Waals surface area contributed by atoms with Gasteiger partial charge in [-0.2, -0.15) is 0 Å². The zero-order valence-electron chi connectivity index (χ0n) is 21.5. The van der Waals surface area contributed by atoms with Crippen molar-refractivity contribution in [3.8, 4) is 17.2 Å². The number of hydrogen-bond donors (Lipinski definition) is 3. The van der Waals surface area contributed by atoms with Gasteiger partial charge in [0.15, 0.2) is 11.6 Å². The third-order valence-electron chi connectivity index (χ3n) is 7.10. The molecular formula is C30H27FN4O5. The number of H-pyrrole nitrogens is 2. The van der Waals surface area contributed by atoms with Crippen LogP contribution < -0.4 is 20.5 Å². The van der Waals surface area contributed by atoms with Gasteiger partial charge in [-0.05, 0) is 71.5 Å².